The number of nitrogens with zero attached hydrogens (tertiary/aromatic N) is 2. The fraction of sp³-hybridized carbons (Fsp3) is 0.233. The molecule has 4 aromatic rings. The minimum Gasteiger partial charge on any atom is -0.496 e. The number of ether oxygens (including phenoxy) is 1. The number of amides is 1. The van der Waals surface area contributed by atoms with E-state index in [0.29, 0.717) is 39.8 Å². The van der Waals surface area contributed by atoms with Crippen molar-refractivity contribution in [3.05, 3.63) is 99.9 Å². The Morgan fingerprint density at radius 1 is 0.909 bits per heavy atom. The van der Waals surface area contributed by atoms with Crippen LogP contribution in [0.4, 0.5) is 31.5 Å². The highest BCUT2D eigenvalue weighted by molar-refractivity contribution is 7.14. The van der Waals surface area contributed by atoms with E-state index in [-0.39, 0.29) is 43.2 Å². The van der Waals surface area contributed by atoms with E-state index in [9.17, 15) is 35.9 Å². The molecule has 232 valence electrons. The molecule has 1 heterocycles. The number of aromatic nitrogens is 1. The van der Waals surface area contributed by atoms with Crippen molar-refractivity contribution in [2.45, 2.75) is 31.9 Å². The summed E-state index contributed by atoms with van der Waals surface area (Å²) in [5, 5.41) is 13.3. The zero-order valence-corrected chi connectivity index (χ0v) is 23.8. The average molecular weight is 638 g/mol. The highest BCUT2D eigenvalue weighted by Crippen LogP contribution is 2.38. The second-order valence-electron chi connectivity index (χ2n) is 9.58. The molecule has 0 bridgehead atoms. The molecular weight excluding hydrogens is 612 g/mol. The zero-order chi connectivity index (χ0) is 32.1. The van der Waals surface area contributed by atoms with E-state index in [1.54, 1.807) is 46.7 Å². The van der Waals surface area contributed by atoms with Crippen molar-refractivity contribution in [3.63, 3.8) is 0 Å². The number of carboxylic acids is 1. The van der Waals surface area contributed by atoms with Gasteiger partial charge in [0.1, 0.15) is 5.75 Å². The van der Waals surface area contributed by atoms with Crippen LogP contribution in [0.5, 0.6) is 5.75 Å². The Bertz CT molecular complexity index is 1590. The maximum absolute atomic E-state index is 13.6. The van der Waals surface area contributed by atoms with Crippen LogP contribution in [0.2, 0.25) is 0 Å². The lowest BCUT2D eigenvalue weighted by Gasteiger charge is -2.24. The van der Waals surface area contributed by atoms with Crippen LogP contribution in [0.3, 0.4) is 0 Å². The molecule has 0 aliphatic heterocycles. The Kier molecular flexibility index (Phi) is 9.82. The van der Waals surface area contributed by atoms with E-state index in [2.05, 4.69) is 10.3 Å². The van der Waals surface area contributed by atoms with Crippen LogP contribution in [-0.2, 0) is 30.2 Å². The predicted octanol–water partition coefficient (Wildman–Crippen LogP) is 7.27. The summed E-state index contributed by atoms with van der Waals surface area (Å²) in [7, 11) is 1.49. The molecule has 1 aromatic heterocycles. The zero-order valence-electron chi connectivity index (χ0n) is 23.0. The molecule has 44 heavy (non-hydrogen) atoms. The number of hydrogen-bond donors (Lipinski definition) is 2. The average Bonchev–Trinajstić information content (AvgIpc) is 3.46. The Hall–Kier alpha value is -4.59. The third-order valence-electron chi connectivity index (χ3n) is 6.38. The first kappa shape index (κ1) is 32.3. The summed E-state index contributed by atoms with van der Waals surface area (Å²) in [6.07, 6.45) is -10.3. The standard InChI is InChI=1S/C30H25F6N3O4S/c1-43-25-5-3-2-4-23(25)24-17-44-28(38-24)39(15-18-6-8-20(9-7-18)27(42)37-11-10-26(40)41)16-19-12-21(29(31,32)33)14-22(13-19)30(34,35)36/h2-9,12-14,17H,10-11,15-16H2,1H3,(H,37,42)(H,40,41). The summed E-state index contributed by atoms with van der Waals surface area (Å²) in [6.45, 7) is -0.389. The Labute approximate surface area is 251 Å². The van der Waals surface area contributed by atoms with E-state index >= 15 is 0 Å². The summed E-state index contributed by atoms with van der Waals surface area (Å²) < 4.78 is 86.8. The van der Waals surface area contributed by atoms with Crippen molar-refractivity contribution in [1.29, 1.82) is 0 Å². The Balaban J connectivity index is 1.68. The molecule has 0 atom stereocenters. The molecule has 7 nitrogen and oxygen atoms in total. The van der Waals surface area contributed by atoms with Crippen molar-refractivity contribution in [2.75, 3.05) is 18.6 Å². The molecule has 0 unspecified atom stereocenters. The van der Waals surface area contributed by atoms with Crippen molar-refractivity contribution < 1.29 is 45.8 Å². The maximum atomic E-state index is 13.6. The smallest absolute Gasteiger partial charge is 0.416 e. The number of para-hydroxylation sites is 1. The van der Waals surface area contributed by atoms with E-state index in [0.717, 1.165) is 11.3 Å². The SMILES string of the molecule is COc1ccccc1-c1csc(N(Cc2ccc(C(=O)NCCC(=O)O)cc2)Cc2cc(C(F)(F)F)cc(C(F)(F)F)c2)n1. The van der Waals surface area contributed by atoms with Gasteiger partial charge in [-0.25, -0.2) is 4.98 Å². The van der Waals surface area contributed by atoms with Gasteiger partial charge in [-0.05, 0) is 53.6 Å². The summed E-state index contributed by atoms with van der Waals surface area (Å²) >= 11 is 1.15. The minimum absolute atomic E-state index is 0.0252. The monoisotopic (exact) mass is 637 g/mol. The lowest BCUT2D eigenvalue weighted by molar-refractivity contribution is -0.143. The molecule has 1 amide bonds. The molecule has 0 spiro atoms. The van der Waals surface area contributed by atoms with Gasteiger partial charge in [0.2, 0.25) is 0 Å². The lowest BCUT2D eigenvalue weighted by Crippen LogP contribution is -2.26. The van der Waals surface area contributed by atoms with Crippen LogP contribution < -0.4 is 15.0 Å². The van der Waals surface area contributed by atoms with Crippen molar-refractivity contribution in [3.8, 4) is 17.0 Å². The van der Waals surface area contributed by atoms with Crippen LogP contribution in [-0.4, -0.2) is 35.6 Å². The van der Waals surface area contributed by atoms with Gasteiger partial charge in [0.25, 0.3) is 5.91 Å². The van der Waals surface area contributed by atoms with Gasteiger partial charge in [-0.2, -0.15) is 26.3 Å². The van der Waals surface area contributed by atoms with E-state index in [4.69, 9.17) is 9.84 Å². The second-order valence-corrected chi connectivity index (χ2v) is 10.4. The third-order valence-corrected chi connectivity index (χ3v) is 7.28. The first-order chi connectivity index (χ1) is 20.7. The number of alkyl halides is 6. The number of nitrogens with one attached hydrogen (secondary N) is 1. The van der Waals surface area contributed by atoms with Crippen LogP contribution in [0.15, 0.2) is 72.1 Å². The maximum Gasteiger partial charge on any atom is 0.416 e. The van der Waals surface area contributed by atoms with Crippen LogP contribution >= 0.6 is 11.3 Å². The number of halogens is 6. The van der Waals surface area contributed by atoms with Crippen molar-refractivity contribution in [1.82, 2.24) is 10.3 Å². The van der Waals surface area contributed by atoms with Gasteiger partial charge in [0.05, 0.1) is 30.4 Å². The van der Waals surface area contributed by atoms with Crippen molar-refractivity contribution >= 4 is 28.3 Å². The predicted molar refractivity (Wildman–Crippen MR) is 151 cm³/mol. The lowest BCUT2D eigenvalue weighted by atomic mass is 10.0. The second kappa shape index (κ2) is 13.4. The largest absolute Gasteiger partial charge is 0.496 e. The summed E-state index contributed by atoms with van der Waals surface area (Å²) in [4.78, 5) is 29.2. The van der Waals surface area contributed by atoms with Crippen LogP contribution in [0.1, 0.15) is 39.0 Å². The number of rotatable bonds is 11. The molecule has 0 aliphatic rings. The quantitative estimate of drug-likeness (QED) is 0.168. The molecule has 14 heteroatoms. The summed E-state index contributed by atoms with van der Waals surface area (Å²) in [5.74, 6) is -1.04. The number of benzene rings is 3. The Morgan fingerprint density at radius 2 is 1.52 bits per heavy atom. The molecule has 0 radical (unpaired) electrons. The van der Waals surface area contributed by atoms with Gasteiger partial charge in [-0.15, -0.1) is 11.3 Å². The highest BCUT2D eigenvalue weighted by atomic mass is 32.1. The summed E-state index contributed by atoms with van der Waals surface area (Å²) in [6, 6.07) is 14.6. The normalized spacial score (nSPS) is 11.7. The van der Waals surface area contributed by atoms with Gasteiger partial charge >= 0.3 is 18.3 Å². The van der Waals surface area contributed by atoms with Crippen LogP contribution in [0.25, 0.3) is 11.3 Å². The van der Waals surface area contributed by atoms with E-state index in [1.807, 2.05) is 0 Å². The van der Waals surface area contributed by atoms with Gasteiger partial charge in [0, 0.05) is 36.1 Å². The number of hydrogen-bond acceptors (Lipinski definition) is 6. The summed E-state index contributed by atoms with van der Waals surface area (Å²) in [5.41, 5.74) is -1.09. The van der Waals surface area contributed by atoms with Gasteiger partial charge in [-0.1, -0.05) is 24.3 Å². The Morgan fingerprint density at radius 3 is 2.11 bits per heavy atom. The van der Waals surface area contributed by atoms with E-state index in [1.165, 1.54) is 19.2 Å². The van der Waals surface area contributed by atoms with E-state index < -0.39 is 35.4 Å². The van der Waals surface area contributed by atoms with Gasteiger partial charge < -0.3 is 20.1 Å². The fourth-order valence-electron chi connectivity index (χ4n) is 4.28. The first-order valence-corrected chi connectivity index (χ1v) is 13.8. The number of methoxy groups -OCH3 is 1. The number of aliphatic carboxylic acids is 1. The molecule has 0 saturated carbocycles. The molecule has 4 rings (SSSR count). The molecule has 2 N–H and O–H groups in total. The molecule has 0 saturated heterocycles. The topological polar surface area (TPSA) is 91.8 Å². The number of anilines is 1. The third kappa shape index (κ3) is 8.28. The highest BCUT2D eigenvalue weighted by Gasteiger charge is 2.37. The van der Waals surface area contributed by atoms with Crippen LogP contribution in [0, 0.1) is 0 Å². The number of carbonyl (C=O) groups is 2. The van der Waals surface area contributed by atoms with Crippen molar-refractivity contribution in [2.24, 2.45) is 0 Å². The number of carboxylic acid groups (broad SMARTS) is 1. The molecular formula is C30H25F6N3O4S. The first-order valence-electron chi connectivity index (χ1n) is 13.0. The fourth-order valence-corrected chi connectivity index (χ4v) is 5.10. The van der Waals surface area contributed by atoms with Gasteiger partial charge in [-0.3, -0.25) is 9.59 Å². The van der Waals surface area contributed by atoms with Gasteiger partial charge in [0.15, 0.2) is 5.13 Å². The molecule has 0 aliphatic carbocycles. The minimum atomic E-state index is -5.00. The number of thiazole rings is 1. The molecule has 0 fully saturated rings. The number of carbonyl (C=O) groups excluding carboxylic acids is 1. The molecule has 3 aromatic carbocycles.